The molecule has 2 fully saturated rings. The van der Waals surface area contributed by atoms with Crippen molar-refractivity contribution in [2.45, 2.75) is 24.2 Å². The molecular weight excluding hydrogens is 469 g/mol. The van der Waals surface area contributed by atoms with Gasteiger partial charge in [0.1, 0.15) is 5.75 Å². The molecule has 2 aliphatic rings. The van der Waals surface area contributed by atoms with E-state index in [1.807, 2.05) is 54.6 Å². The number of benzene rings is 2. The van der Waals surface area contributed by atoms with Crippen molar-refractivity contribution in [1.29, 1.82) is 0 Å². The Morgan fingerprint density at radius 3 is 2.07 bits per heavy atom. The van der Waals surface area contributed by atoms with Crippen LogP contribution in [0.25, 0.3) is 0 Å². The van der Waals surface area contributed by atoms with Crippen molar-refractivity contribution in [2.24, 2.45) is 0 Å². The predicted octanol–water partition coefficient (Wildman–Crippen LogP) is 0.0827. The van der Waals surface area contributed by atoms with Gasteiger partial charge in [-0.25, -0.2) is 4.79 Å². The topological polar surface area (TPSA) is 44.8 Å². The fourth-order valence-electron chi connectivity index (χ4n) is 3.99. The monoisotopic (exact) mass is 495 g/mol. The summed E-state index contributed by atoms with van der Waals surface area (Å²) in [5.41, 5.74) is 0.300. The molecule has 0 bridgehead atoms. The number of methoxy groups -OCH3 is 1. The number of ether oxygens (including phenoxy) is 3. The molecule has 1 unspecified atom stereocenters. The molecule has 0 saturated carbocycles. The van der Waals surface area contributed by atoms with Crippen LogP contribution in [-0.4, -0.2) is 50.5 Å². The van der Waals surface area contributed by atoms with Gasteiger partial charge in [-0.15, -0.1) is 0 Å². The van der Waals surface area contributed by atoms with E-state index in [1.54, 1.807) is 7.11 Å². The molecule has 2 aliphatic heterocycles. The van der Waals surface area contributed by atoms with Crippen molar-refractivity contribution in [1.82, 2.24) is 0 Å². The average Bonchev–Trinajstić information content (AvgIpc) is 2.99. The van der Waals surface area contributed by atoms with Gasteiger partial charge in [0.25, 0.3) is 0 Å². The van der Waals surface area contributed by atoms with Crippen LogP contribution in [0.5, 0.6) is 5.75 Å². The highest BCUT2D eigenvalue weighted by Crippen LogP contribution is 2.49. The summed E-state index contributed by atoms with van der Waals surface area (Å²) in [5, 5.41) is 0. The zero-order valence-electron chi connectivity index (χ0n) is 16.5. The van der Waals surface area contributed by atoms with Crippen molar-refractivity contribution in [2.75, 3.05) is 34.3 Å². The summed E-state index contributed by atoms with van der Waals surface area (Å²) in [4.78, 5) is 13.3. The minimum Gasteiger partial charge on any atom is -1.00 e. The zero-order valence-corrected chi connectivity index (χ0v) is 18.6. The molecule has 2 saturated heterocycles. The molecule has 1 spiro atoms. The van der Waals surface area contributed by atoms with Crippen molar-refractivity contribution < 1.29 is 47.5 Å². The van der Waals surface area contributed by atoms with Gasteiger partial charge in [-0.2, -0.15) is 0 Å². The highest BCUT2D eigenvalue weighted by Gasteiger charge is 2.61. The summed E-state index contributed by atoms with van der Waals surface area (Å²) in [5.74, 6) is -0.466. The van der Waals surface area contributed by atoms with E-state index in [2.05, 4.69) is 14.1 Å². The van der Waals surface area contributed by atoms with Gasteiger partial charge in [0.15, 0.2) is 0 Å². The van der Waals surface area contributed by atoms with E-state index >= 15 is 0 Å². The fraction of sp³-hybridized carbons (Fsp3) is 0.409. The van der Waals surface area contributed by atoms with Crippen LogP contribution in [-0.2, 0) is 19.9 Å². The molecule has 2 heterocycles. The minimum atomic E-state index is -1.25. The van der Waals surface area contributed by atoms with Crippen LogP contribution >= 0.6 is 0 Å². The van der Waals surface area contributed by atoms with Gasteiger partial charge in [-0.1, -0.05) is 42.5 Å². The lowest BCUT2D eigenvalue weighted by atomic mass is 9.86. The molecule has 28 heavy (non-hydrogen) atoms. The number of carbonyl (C=O) groups excluding carboxylic acids is 1. The Kier molecular flexibility index (Phi) is 5.76. The molecule has 0 aromatic heterocycles. The highest BCUT2D eigenvalue weighted by atomic mass is 127. The quantitative estimate of drug-likeness (QED) is 0.344. The minimum absolute atomic E-state index is 0. The summed E-state index contributed by atoms with van der Waals surface area (Å²) < 4.78 is 18.7. The molecule has 0 N–H and O–H groups in total. The Labute approximate surface area is 183 Å². The summed E-state index contributed by atoms with van der Waals surface area (Å²) in [6.45, 7) is 1.81. The lowest BCUT2D eigenvalue weighted by Crippen LogP contribution is -3.00. The molecule has 5 nitrogen and oxygen atoms in total. The van der Waals surface area contributed by atoms with Gasteiger partial charge >= 0.3 is 5.97 Å². The second-order valence-corrected chi connectivity index (χ2v) is 8.06. The van der Waals surface area contributed by atoms with Crippen LogP contribution in [0.3, 0.4) is 0 Å². The molecule has 2 aromatic rings. The van der Waals surface area contributed by atoms with E-state index in [1.165, 1.54) is 0 Å². The highest BCUT2D eigenvalue weighted by molar-refractivity contribution is 5.87. The lowest BCUT2D eigenvalue weighted by molar-refractivity contribution is -0.898. The Morgan fingerprint density at radius 2 is 1.50 bits per heavy atom. The number of esters is 1. The van der Waals surface area contributed by atoms with Crippen LogP contribution in [0.4, 0.5) is 0 Å². The second-order valence-electron chi connectivity index (χ2n) is 8.06. The summed E-state index contributed by atoms with van der Waals surface area (Å²) in [6.07, 6.45) is 1.38. The molecular formula is C22H26INO4. The van der Waals surface area contributed by atoms with Gasteiger partial charge < -0.3 is 42.7 Å². The third-order valence-corrected chi connectivity index (χ3v) is 5.78. The van der Waals surface area contributed by atoms with Crippen LogP contribution < -0.4 is 28.7 Å². The fourth-order valence-corrected chi connectivity index (χ4v) is 3.99. The number of carbonyl (C=O) groups is 1. The van der Waals surface area contributed by atoms with Crippen LogP contribution in [0.1, 0.15) is 24.0 Å². The molecule has 0 aliphatic carbocycles. The molecule has 1 atom stereocenters. The first-order valence-electron chi connectivity index (χ1n) is 9.35. The summed E-state index contributed by atoms with van der Waals surface area (Å²) in [7, 11) is 6.01. The van der Waals surface area contributed by atoms with Gasteiger partial charge in [0.2, 0.25) is 11.4 Å². The number of rotatable bonds is 3. The van der Waals surface area contributed by atoms with Gasteiger partial charge in [-0.3, -0.25) is 0 Å². The number of halogens is 1. The Bertz CT molecular complexity index is 827. The Balaban J connectivity index is 0.00000225. The van der Waals surface area contributed by atoms with E-state index in [-0.39, 0.29) is 29.9 Å². The maximum Gasteiger partial charge on any atom is 0.350 e. The standard InChI is InChI=1S/C22H26NO4.HI/c1-23(2)15-13-21(14-16-23)26-20(24)22(27-21,17-7-5-4-6-8-17)18-9-11-19(25-3)12-10-18;/h4-12H,13-16H2,1-3H3;1H/q+1;/p-1. The number of hydrogen-bond acceptors (Lipinski definition) is 4. The van der Waals surface area contributed by atoms with Crippen molar-refractivity contribution >= 4 is 5.97 Å². The number of hydrogen-bond donors (Lipinski definition) is 0. The normalized spacial score (nSPS) is 25.0. The second kappa shape index (κ2) is 7.65. The first-order chi connectivity index (χ1) is 12.9. The molecule has 4 rings (SSSR count). The van der Waals surface area contributed by atoms with E-state index in [0.717, 1.165) is 34.4 Å². The molecule has 2 aromatic carbocycles. The first-order valence-corrected chi connectivity index (χ1v) is 9.35. The third-order valence-electron chi connectivity index (χ3n) is 5.78. The van der Waals surface area contributed by atoms with Crippen LogP contribution in [0.2, 0.25) is 0 Å². The number of quaternary nitrogens is 1. The smallest absolute Gasteiger partial charge is 0.350 e. The van der Waals surface area contributed by atoms with Crippen molar-refractivity contribution in [3.8, 4) is 5.75 Å². The van der Waals surface area contributed by atoms with Gasteiger partial charge in [0.05, 0.1) is 47.1 Å². The summed E-state index contributed by atoms with van der Waals surface area (Å²) >= 11 is 0. The van der Waals surface area contributed by atoms with Crippen molar-refractivity contribution in [3.05, 3.63) is 65.7 Å². The van der Waals surface area contributed by atoms with Gasteiger partial charge in [0, 0.05) is 5.56 Å². The largest absolute Gasteiger partial charge is 1.00 e. The first kappa shape index (κ1) is 21.1. The Hall–Kier alpha value is -1.64. The average molecular weight is 495 g/mol. The van der Waals surface area contributed by atoms with E-state index < -0.39 is 11.4 Å². The molecule has 6 heteroatoms. The predicted molar refractivity (Wildman–Crippen MR) is 101 cm³/mol. The zero-order chi connectivity index (χ0) is 19.1. The number of likely N-dealkylation sites (tertiary alicyclic amines) is 1. The lowest BCUT2D eigenvalue weighted by Gasteiger charge is -2.41. The third kappa shape index (κ3) is 3.53. The molecule has 150 valence electrons. The molecule has 0 radical (unpaired) electrons. The van der Waals surface area contributed by atoms with E-state index in [0.29, 0.717) is 12.8 Å². The van der Waals surface area contributed by atoms with E-state index in [9.17, 15) is 4.79 Å². The van der Waals surface area contributed by atoms with Gasteiger partial charge in [-0.05, 0) is 17.7 Å². The van der Waals surface area contributed by atoms with Crippen LogP contribution in [0.15, 0.2) is 54.6 Å². The number of nitrogens with zero attached hydrogens (tertiary/aromatic N) is 1. The maximum absolute atomic E-state index is 13.3. The van der Waals surface area contributed by atoms with Crippen LogP contribution in [0, 0.1) is 0 Å². The molecule has 0 amide bonds. The van der Waals surface area contributed by atoms with E-state index in [4.69, 9.17) is 14.2 Å². The SMILES string of the molecule is COc1ccc(C2(c3ccccc3)OC3(CC[N+](C)(C)CC3)OC2=O)cc1.[I-]. The van der Waals surface area contributed by atoms with Crippen molar-refractivity contribution in [3.63, 3.8) is 0 Å². The summed E-state index contributed by atoms with van der Waals surface area (Å²) in [6, 6.07) is 17.1. The maximum atomic E-state index is 13.3. The number of piperidine rings is 1. The Morgan fingerprint density at radius 1 is 0.929 bits per heavy atom.